The van der Waals surface area contributed by atoms with Gasteiger partial charge in [-0.2, -0.15) is 4.98 Å². The molecule has 0 saturated carbocycles. The number of carbonyl (C=O) groups is 2. The van der Waals surface area contributed by atoms with Gasteiger partial charge in [0.1, 0.15) is 0 Å². The van der Waals surface area contributed by atoms with Crippen LogP contribution in [-0.4, -0.2) is 37.8 Å². The van der Waals surface area contributed by atoms with Crippen molar-refractivity contribution in [2.45, 2.75) is 62.8 Å². The van der Waals surface area contributed by atoms with Gasteiger partial charge in [0.15, 0.2) is 29.2 Å². The number of ketones is 1. The number of anilines is 1. The Labute approximate surface area is 158 Å². The molecule has 1 aromatic rings. The molecule has 1 saturated heterocycles. The van der Waals surface area contributed by atoms with E-state index in [-0.39, 0.29) is 23.1 Å². The van der Waals surface area contributed by atoms with Crippen molar-refractivity contribution in [1.82, 2.24) is 9.55 Å². The zero-order valence-corrected chi connectivity index (χ0v) is 16.3. The van der Waals surface area contributed by atoms with Crippen molar-refractivity contribution >= 4 is 33.5 Å². The van der Waals surface area contributed by atoms with Crippen molar-refractivity contribution in [2.75, 3.05) is 5.73 Å². The fourth-order valence-electron chi connectivity index (χ4n) is 2.78. The highest BCUT2D eigenvalue weighted by molar-refractivity contribution is 9.09. The Balaban J connectivity index is 2.01. The number of nitrogen functional groups attached to an aromatic ring is 1. The number of rotatable bonds is 6. The summed E-state index contributed by atoms with van der Waals surface area (Å²) < 4.78 is 25.5. The van der Waals surface area contributed by atoms with Gasteiger partial charge in [0, 0.05) is 13.3 Å². The first kappa shape index (κ1) is 20.5. The predicted octanol–water partition coefficient (Wildman–Crippen LogP) is 1.71. The molecule has 3 unspecified atom stereocenters. The molecular weight excluding hydrogens is 413 g/mol. The zero-order chi connectivity index (χ0) is 19.6. The highest BCUT2D eigenvalue weighted by Gasteiger charge is 2.37. The van der Waals surface area contributed by atoms with Gasteiger partial charge in [0.2, 0.25) is 0 Å². The van der Waals surface area contributed by atoms with Crippen LogP contribution in [0.3, 0.4) is 0 Å². The lowest BCUT2D eigenvalue weighted by Crippen LogP contribution is -2.37. The molecule has 8 nitrogen and oxygen atoms in total. The number of esters is 1. The normalized spacial score (nSPS) is 23.0. The van der Waals surface area contributed by atoms with Crippen LogP contribution in [-0.2, 0) is 19.1 Å². The minimum Gasteiger partial charge on any atom is -0.452 e. The second kappa shape index (κ2) is 7.83. The third kappa shape index (κ3) is 4.67. The first-order valence-electron chi connectivity index (χ1n) is 8.08. The van der Waals surface area contributed by atoms with Crippen molar-refractivity contribution < 1.29 is 23.5 Å². The number of ether oxygens (including phenoxy) is 2. The Morgan fingerprint density at radius 3 is 2.81 bits per heavy atom. The summed E-state index contributed by atoms with van der Waals surface area (Å²) >= 11 is 3.42. The van der Waals surface area contributed by atoms with E-state index in [0.29, 0.717) is 12.8 Å². The second-order valence-corrected chi connectivity index (χ2v) is 7.81. The lowest BCUT2D eigenvalue weighted by atomic mass is 9.97. The number of carbonyl (C=O) groups excluding carboxylic acids is 2. The van der Waals surface area contributed by atoms with E-state index in [1.807, 2.05) is 0 Å². The third-order valence-electron chi connectivity index (χ3n) is 4.10. The van der Waals surface area contributed by atoms with Crippen molar-refractivity contribution in [2.24, 2.45) is 0 Å². The molecule has 0 bridgehead atoms. The second-order valence-electron chi connectivity index (χ2n) is 6.63. The fourth-order valence-corrected chi connectivity index (χ4v) is 3.58. The Morgan fingerprint density at radius 2 is 2.19 bits per heavy atom. The maximum absolute atomic E-state index is 13.6. The molecule has 0 radical (unpaired) electrons. The Morgan fingerprint density at radius 1 is 1.54 bits per heavy atom. The predicted molar refractivity (Wildman–Crippen MR) is 94.2 cm³/mol. The first-order chi connectivity index (χ1) is 12.0. The SMILES string of the molecule is CC(=O)OC(C)(C)C(=O)CCC1CC(Br)C(n2cc(F)c(N)nc2=O)O1. The summed E-state index contributed by atoms with van der Waals surface area (Å²) in [6, 6.07) is 0. The number of Topliss-reactive ketones (excluding diaryl/α,β-unsaturated/α-hetero) is 1. The highest BCUT2D eigenvalue weighted by Crippen LogP contribution is 2.35. The summed E-state index contributed by atoms with van der Waals surface area (Å²) in [7, 11) is 0. The summed E-state index contributed by atoms with van der Waals surface area (Å²) in [5.41, 5.74) is 3.35. The fraction of sp³-hybridized carbons (Fsp3) is 0.625. The maximum Gasteiger partial charge on any atom is 0.351 e. The molecule has 1 aromatic heterocycles. The summed E-state index contributed by atoms with van der Waals surface area (Å²) in [6.45, 7) is 4.31. The van der Waals surface area contributed by atoms with Crippen LogP contribution in [0.1, 0.15) is 46.3 Å². The van der Waals surface area contributed by atoms with Gasteiger partial charge in [-0.15, -0.1) is 0 Å². The molecule has 0 aliphatic carbocycles. The molecule has 2 rings (SSSR count). The van der Waals surface area contributed by atoms with Gasteiger partial charge in [-0.25, -0.2) is 9.18 Å². The lowest BCUT2D eigenvalue weighted by Gasteiger charge is -2.23. The molecule has 26 heavy (non-hydrogen) atoms. The van der Waals surface area contributed by atoms with E-state index in [1.54, 1.807) is 0 Å². The number of alkyl halides is 1. The van der Waals surface area contributed by atoms with E-state index in [9.17, 15) is 18.8 Å². The van der Waals surface area contributed by atoms with E-state index in [1.165, 1.54) is 20.8 Å². The molecule has 144 valence electrons. The Kier molecular flexibility index (Phi) is 6.17. The minimum absolute atomic E-state index is 0.140. The quantitative estimate of drug-likeness (QED) is 0.536. The van der Waals surface area contributed by atoms with E-state index >= 15 is 0 Å². The van der Waals surface area contributed by atoms with E-state index < -0.39 is 35.1 Å². The Hall–Kier alpha value is -1.81. The standard InChI is InChI=1S/C16H21BrFN3O5/c1-8(22)26-16(2,3)12(23)5-4-9-6-10(17)14(25-9)21-7-11(18)13(19)20-15(21)24/h7,9-10,14H,4-6H2,1-3H3,(H2,19,20,24). The minimum atomic E-state index is -1.21. The van der Waals surface area contributed by atoms with E-state index in [2.05, 4.69) is 20.9 Å². The van der Waals surface area contributed by atoms with Crippen molar-refractivity contribution in [1.29, 1.82) is 0 Å². The molecule has 2 heterocycles. The summed E-state index contributed by atoms with van der Waals surface area (Å²) in [5, 5.41) is 0. The summed E-state index contributed by atoms with van der Waals surface area (Å²) in [6.07, 6.45) is 0.911. The van der Waals surface area contributed by atoms with Crippen LogP contribution in [0.5, 0.6) is 0 Å². The Bertz CT molecular complexity index is 767. The molecular formula is C16H21BrFN3O5. The molecule has 0 amide bonds. The average molecular weight is 434 g/mol. The molecule has 1 aliphatic heterocycles. The maximum atomic E-state index is 13.6. The topological polar surface area (TPSA) is 114 Å². The van der Waals surface area contributed by atoms with Gasteiger partial charge < -0.3 is 15.2 Å². The van der Waals surface area contributed by atoms with Gasteiger partial charge in [-0.05, 0) is 26.7 Å². The average Bonchev–Trinajstić information content (AvgIpc) is 2.88. The molecule has 3 atom stereocenters. The van der Waals surface area contributed by atoms with Crippen LogP contribution in [0.4, 0.5) is 10.2 Å². The first-order valence-corrected chi connectivity index (χ1v) is 8.99. The summed E-state index contributed by atoms with van der Waals surface area (Å²) in [5.74, 6) is -2.04. The third-order valence-corrected chi connectivity index (χ3v) is 4.93. The number of nitrogens with zero attached hydrogens (tertiary/aromatic N) is 2. The number of halogens is 2. The number of hydrogen-bond donors (Lipinski definition) is 1. The smallest absolute Gasteiger partial charge is 0.351 e. The van der Waals surface area contributed by atoms with Crippen LogP contribution in [0.2, 0.25) is 0 Å². The van der Waals surface area contributed by atoms with Crippen molar-refractivity contribution in [3.8, 4) is 0 Å². The molecule has 1 aliphatic rings. The van der Waals surface area contributed by atoms with Crippen LogP contribution < -0.4 is 11.4 Å². The van der Waals surface area contributed by atoms with Crippen LogP contribution in [0, 0.1) is 5.82 Å². The molecule has 2 N–H and O–H groups in total. The molecule has 1 fully saturated rings. The monoisotopic (exact) mass is 433 g/mol. The van der Waals surface area contributed by atoms with E-state index in [4.69, 9.17) is 15.2 Å². The number of nitrogens with two attached hydrogens (primary N) is 1. The van der Waals surface area contributed by atoms with Crippen molar-refractivity contribution in [3.63, 3.8) is 0 Å². The van der Waals surface area contributed by atoms with Crippen LogP contribution >= 0.6 is 15.9 Å². The van der Waals surface area contributed by atoms with Crippen molar-refractivity contribution in [3.05, 3.63) is 22.5 Å². The van der Waals surface area contributed by atoms with Crippen LogP contribution in [0.25, 0.3) is 0 Å². The highest BCUT2D eigenvalue weighted by atomic mass is 79.9. The van der Waals surface area contributed by atoms with Gasteiger partial charge in [-0.1, -0.05) is 15.9 Å². The van der Waals surface area contributed by atoms with Gasteiger partial charge >= 0.3 is 11.7 Å². The lowest BCUT2D eigenvalue weighted by molar-refractivity contribution is -0.162. The van der Waals surface area contributed by atoms with Gasteiger partial charge in [0.25, 0.3) is 0 Å². The largest absolute Gasteiger partial charge is 0.452 e. The number of aromatic nitrogens is 2. The van der Waals surface area contributed by atoms with E-state index in [0.717, 1.165) is 10.8 Å². The van der Waals surface area contributed by atoms with Gasteiger partial charge in [-0.3, -0.25) is 14.2 Å². The summed E-state index contributed by atoms with van der Waals surface area (Å²) in [4.78, 5) is 38.4. The molecule has 10 heteroatoms. The van der Waals surface area contributed by atoms with Crippen LogP contribution in [0.15, 0.2) is 11.0 Å². The van der Waals surface area contributed by atoms with Gasteiger partial charge in [0.05, 0.1) is 17.1 Å². The number of hydrogen-bond acceptors (Lipinski definition) is 7. The molecule has 0 aromatic carbocycles. The molecule has 0 spiro atoms. The zero-order valence-electron chi connectivity index (χ0n) is 14.7.